The summed E-state index contributed by atoms with van der Waals surface area (Å²) in [6.45, 7) is 4.99. The molecule has 0 spiro atoms. The Balaban J connectivity index is 3.36. The topological polar surface area (TPSA) is 95.9 Å². The van der Waals surface area contributed by atoms with Gasteiger partial charge in [-0.2, -0.15) is 0 Å². The van der Waals surface area contributed by atoms with Crippen LogP contribution < -0.4 is 5.32 Å². The van der Waals surface area contributed by atoms with E-state index in [0.29, 0.717) is 25.9 Å². The number of hydrogen-bond donors (Lipinski definition) is 3. The number of esters is 1. The molecule has 0 radical (unpaired) electrons. The van der Waals surface area contributed by atoms with Gasteiger partial charge in [0.2, 0.25) is 5.91 Å². The molecule has 0 aromatic rings. The summed E-state index contributed by atoms with van der Waals surface area (Å²) in [6.07, 6.45) is 94.0. The van der Waals surface area contributed by atoms with Crippen LogP contribution in [0.2, 0.25) is 0 Å². The predicted molar refractivity (Wildman–Crippen MR) is 370 cm³/mol. The Labute approximate surface area is 526 Å². The van der Waals surface area contributed by atoms with Gasteiger partial charge in [0, 0.05) is 12.8 Å². The van der Waals surface area contributed by atoms with Crippen molar-refractivity contribution in [1.82, 2.24) is 5.32 Å². The molecule has 84 heavy (non-hydrogen) atoms. The smallest absolute Gasteiger partial charge is 0.305 e. The van der Waals surface area contributed by atoms with E-state index in [-0.39, 0.29) is 18.5 Å². The number of nitrogens with one attached hydrogen (secondary N) is 1. The third-order valence-electron chi connectivity index (χ3n) is 18.2. The Bertz CT molecular complexity index is 1320. The van der Waals surface area contributed by atoms with E-state index in [1.807, 2.05) is 0 Å². The Hall–Kier alpha value is -1.66. The number of amides is 1. The molecule has 0 fully saturated rings. The molecule has 2 unspecified atom stereocenters. The van der Waals surface area contributed by atoms with Crippen molar-refractivity contribution >= 4 is 11.9 Å². The van der Waals surface area contributed by atoms with Crippen LogP contribution in [0.25, 0.3) is 0 Å². The van der Waals surface area contributed by atoms with E-state index in [9.17, 15) is 19.8 Å². The standard InChI is InChI=1S/C78H151NO5/c1-3-5-7-9-11-13-15-17-19-20-21-34-37-40-43-46-50-54-58-62-66-70-76(81)75(74-80)79-77(82)71-67-63-59-55-51-47-44-41-38-35-32-30-28-26-24-22-23-25-27-29-31-33-36-39-42-45-49-53-57-61-65-69-73-84-78(83)72-68-64-60-56-52-48-18-16-14-12-10-8-6-4-2/h16,18,25,27,75-76,80-81H,3-15,17,19-24,26,28-74H2,1-2H3,(H,79,82)/b18-16-,27-25-. The zero-order chi connectivity index (χ0) is 60.6. The number of aliphatic hydroxyl groups is 2. The molecule has 498 valence electrons. The Kier molecular flexibility index (Phi) is 72.3. The Morgan fingerprint density at radius 1 is 0.321 bits per heavy atom. The molecule has 1 amide bonds. The molecule has 3 N–H and O–H groups in total. The first-order valence-electron chi connectivity index (χ1n) is 38.6. The van der Waals surface area contributed by atoms with Crippen LogP contribution in [0.4, 0.5) is 0 Å². The lowest BCUT2D eigenvalue weighted by atomic mass is 10.0. The summed E-state index contributed by atoms with van der Waals surface area (Å²) >= 11 is 0. The molecule has 0 aromatic carbocycles. The lowest BCUT2D eigenvalue weighted by Crippen LogP contribution is -2.45. The highest BCUT2D eigenvalue weighted by atomic mass is 16.5. The quantitative estimate of drug-likeness (QED) is 0.0320. The summed E-state index contributed by atoms with van der Waals surface area (Å²) in [7, 11) is 0. The summed E-state index contributed by atoms with van der Waals surface area (Å²) < 4.78 is 5.49. The number of unbranched alkanes of at least 4 members (excludes halogenated alkanes) is 58. The normalized spacial score (nSPS) is 12.6. The SMILES string of the molecule is CCCCCCC/C=C\CCCCCCCC(=O)OCCCCCCCCCCCCCC/C=C\CCCCCCCCCCCCCCCCCCC(=O)NC(CO)C(O)CCCCCCCCCCCCCCCCCCCCCCC. The summed E-state index contributed by atoms with van der Waals surface area (Å²) in [4.78, 5) is 24.6. The van der Waals surface area contributed by atoms with Gasteiger partial charge in [-0.1, -0.05) is 372 Å². The first-order chi connectivity index (χ1) is 41.5. The molecule has 6 heteroatoms. The number of aliphatic hydroxyl groups excluding tert-OH is 2. The van der Waals surface area contributed by atoms with E-state index < -0.39 is 12.1 Å². The minimum absolute atomic E-state index is 0.0105. The fraction of sp³-hybridized carbons (Fsp3) is 0.923. The molecule has 0 aliphatic carbocycles. The Morgan fingerprint density at radius 3 is 0.845 bits per heavy atom. The number of hydrogen-bond acceptors (Lipinski definition) is 5. The van der Waals surface area contributed by atoms with Crippen molar-refractivity contribution in [3.63, 3.8) is 0 Å². The van der Waals surface area contributed by atoms with Crippen molar-refractivity contribution in [2.75, 3.05) is 13.2 Å². The fourth-order valence-corrected chi connectivity index (χ4v) is 12.3. The second-order valence-electron chi connectivity index (χ2n) is 26.7. The van der Waals surface area contributed by atoms with E-state index >= 15 is 0 Å². The molecule has 0 bridgehead atoms. The maximum absolute atomic E-state index is 12.6. The molecule has 0 rings (SSSR count). The highest BCUT2D eigenvalue weighted by Gasteiger charge is 2.20. The second-order valence-corrected chi connectivity index (χ2v) is 26.7. The van der Waals surface area contributed by atoms with Crippen LogP contribution in [0, 0.1) is 0 Å². The number of rotatable bonds is 73. The van der Waals surface area contributed by atoms with Gasteiger partial charge in [0.25, 0.3) is 0 Å². The molecule has 0 saturated heterocycles. The number of allylic oxidation sites excluding steroid dienone is 4. The number of carbonyl (C=O) groups is 2. The van der Waals surface area contributed by atoms with Gasteiger partial charge in [0.1, 0.15) is 0 Å². The predicted octanol–water partition coefficient (Wildman–Crippen LogP) is 25.3. The first-order valence-corrected chi connectivity index (χ1v) is 38.6. The van der Waals surface area contributed by atoms with E-state index in [1.54, 1.807) is 0 Å². The molecular formula is C78H151NO5. The van der Waals surface area contributed by atoms with Gasteiger partial charge in [-0.25, -0.2) is 0 Å². The molecular weight excluding hydrogens is 1030 g/mol. The molecule has 0 saturated carbocycles. The maximum atomic E-state index is 12.6. The number of ether oxygens (including phenoxy) is 1. The fourth-order valence-electron chi connectivity index (χ4n) is 12.3. The van der Waals surface area contributed by atoms with Gasteiger partial charge < -0.3 is 20.3 Å². The molecule has 0 aliphatic heterocycles. The largest absolute Gasteiger partial charge is 0.466 e. The number of carbonyl (C=O) groups excluding carboxylic acids is 2. The zero-order valence-corrected chi connectivity index (χ0v) is 57.2. The maximum Gasteiger partial charge on any atom is 0.305 e. The molecule has 0 heterocycles. The van der Waals surface area contributed by atoms with Gasteiger partial charge in [-0.05, 0) is 77.0 Å². The van der Waals surface area contributed by atoms with Crippen molar-refractivity contribution in [2.45, 2.75) is 450 Å². The third-order valence-corrected chi connectivity index (χ3v) is 18.2. The first kappa shape index (κ1) is 82.3. The van der Waals surface area contributed by atoms with Gasteiger partial charge >= 0.3 is 5.97 Å². The van der Waals surface area contributed by atoms with Crippen LogP contribution in [0.3, 0.4) is 0 Å². The Morgan fingerprint density at radius 2 is 0.560 bits per heavy atom. The van der Waals surface area contributed by atoms with Crippen LogP contribution in [-0.4, -0.2) is 47.4 Å². The van der Waals surface area contributed by atoms with E-state index in [1.165, 1.54) is 360 Å². The summed E-state index contributed by atoms with van der Waals surface area (Å²) in [5.74, 6) is -0.0168. The average molecular weight is 1180 g/mol. The van der Waals surface area contributed by atoms with E-state index in [0.717, 1.165) is 44.9 Å². The van der Waals surface area contributed by atoms with Crippen LogP contribution in [-0.2, 0) is 14.3 Å². The van der Waals surface area contributed by atoms with Crippen molar-refractivity contribution in [3.05, 3.63) is 24.3 Å². The molecule has 2 atom stereocenters. The van der Waals surface area contributed by atoms with Crippen LogP contribution in [0.5, 0.6) is 0 Å². The lowest BCUT2D eigenvalue weighted by Gasteiger charge is -2.22. The summed E-state index contributed by atoms with van der Waals surface area (Å²) in [6, 6.07) is -0.540. The molecule has 6 nitrogen and oxygen atoms in total. The lowest BCUT2D eigenvalue weighted by molar-refractivity contribution is -0.143. The van der Waals surface area contributed by atoms with Crippen molar-refractivity contribution in [1.29, 1.82) is 0 Å². The van der Waals surface area contributed by atoms with Crippen molar-refractivity contribution < 1.29 is 24.5 Å². The van der Waals surface area contributed by atoms with Gasteiger partial charge in [0.05, 0.1) is 25.4 Å². The van der Waals surface area contributed by atoms with Gasteiger partial charge in [0.15, 0.2) is 0 Å². The monoisotopic (exact) mass is 1180 g/mol. The molecule has 0 aromatic heterocycles. The highest BCUT2D eigenvalue weighted by Crippen LogP contribution is 2.20. The van der Waals surface area contributed by atoms with Gasteiger partial charge in [-0.15, -0.1) is 0 Å². The van der Waals surface area contributed by atoms with Crippen LogP contribution in [0.15, 0.2) is 24.3 Å². The van der Waals surface area contributed by atoms with Crippen molar-refractivity contribution in [2.24, 2.45) is 0 Å². The van der Waals surface area contributed by atoms with Gasteiger partial charge in [-0.3, -0.25) is 9.59 Å². The minimum atomic E-state index is -0.663. The van der Waals surface area contributed by atoms with Crippen LogP contribution >= 0.6 is 0 Å². The van der Waals surface area contributed by atoms with E-state index in [4.69, 9.17) is 4.74 Å². The minimum Gasteiger partial charge on any atom is -0.466 e. The highest BCUT2D eigenvalue weighted by molar-refractivity contribution is 5.76. The van der Waals surface area contributed by atoms with Crippen LogP contribution in [0.1, 0.15) is 438 Å². The summed E-state index contributed by atoms with van der Waals surface area (Å²) in [5, 5.41) is 23.4. The van der Waals surface area contributed by atoms with Crippen molar-refractivity contribution in [3.8, 4) is 0 Å². The summed E-state index contributed by atoms with van der Waals surface area (Å²) in [5.41, 5.74) is 0. The zero-order valence-electron chi connectivity index (χ0n) is 57.2. The molecule has 0 aliphatic rings. The average Bonchev–Trinajstić information content (AvgIpc) is 3.51. The van der Waals surface area contributed by atoms with E-state index in [2.05, 4.69) is 43.5 Å². The second kappa shape index (κ2) is 73.8. The third kappa shape index (κ3) is 69.4.